The van der Waals surface area contributed by atoms with Gasteiger partial charge in [0.2, 0.25) is 15.9 Å². The van der Waals surface area contributed by atoms with Crippen LogP contribution in [0.5, 0.6) is 0 Å². The molecular formula is C20H21N3O4S. The van der Waals surface area contributed by atoms with Gasteiger partial charge in [0, 0.05) is 31.6 Å². The Hall–Kier alpha value is -2.71. The molecule has 0 unspecified atom stereocenters. The second kappa shape index (κ2) is 7.37. The standard InChI is InChI=1S/C20H21N3O4S/c1-15-6-8-16(9-7-15)28(25,26)23-12-10-22(11-13-23)20(24)14-18-17-4-2-3-5-19(17)27-21-18/h2-9H,10-14H2,1H3. The Morgan fingerprint density at radius 2 is 1.71 bits per heavy atom. The predicted octanol–water partition coefficient (Wildman–Crippen LogP) is 2.21. The van der Waals surface area contributed by atoms with Crippen LogP contribution in [0.2, 0.25) is 0 Å². The van der Waals surface area contributed by atoms with Crippen molar-refractivity contribution in [3.63, 3.8) is 0 Å². The molecule has 1 aliphatic rings. The minimum Gasteiger partial charge on any atom is -0.356 e. The van der Waals surface area contributed by atoms with Crippen LogP contribution in [0.1, 0.15) is 11.3 Å². The SMILES string of the molecule is Cc1ccc(S(=O)(=O)N2CCN(C(=O)Cc3noc4ccccc34)CC2)cc1. The molecule has 8 heteroatoms. The number of carbonyl (C=O) groups excluding carboxylic acids is 1. The molecule has 28 heavy (non-hydrogen) atoms. The van der Waals surface area contributed by atoms with Crippen molar-refractivity contribution in [1.29, 1.82) is 0 Å². The van der Waals surface area contributed by atoms with Crippen LogP contribution >= 0.6 is 0 Å². The van der Waals surface area contributed by atoms with Gasteiger partial charge in [-0.1, -0.05) is 35.0 Å². The zero-order valence-electron chi connectivity index (χ0n) is 15.5. The van der Waals surface area contributed by atoms with Crippen LogP contribution in [0.15, 0.2) is 57.9 Å². The third-order valence-corrected chi connectivity index (χ3v) is 6.93. The lowest BCUT2D eigenvalue weighted by Gasteiger charge is -2.34. The lowest BCUT2D eigenvalue weighted by Crippen LogP contribution is -2.50. The molecule has 1 aromatic heterocycles. The molecular weight excluding hydrogens is 378 g/mol. The van der Waals surface area contributed by atoms with Gasteiger partial charge in [-0.2, -0.15) is 4.31 Å². The zero-order chi connectivity index (χ0) is 19.7. The molecule has 2 heterocycles. The Labute approximate surface area is 163 Å². The third kappa shape index (κ3) is 3.53. The van der Waals surface area contributed by atoms with Crippen molar-refractivity contribution in [2.45, 2.75) is 18.2 Å². The number of rotatable bonds is 4. The van der Waals surface area contributed by atoms with E-state index in [0.717, 1.165) is 10.9 Å². The Morgan fingerprint density at radius 1 is 1.04 bits per heavy atom. The van der Waals surface area contributed by atoms with E-state index in [4.69, 9.17) is 4.52 Å². The average Bonchev–Trinajstić information content (AvgIpc) is 3.11. The molecule has 1 saturated heterocycles. The van der Waals surface area contributed by atoms with Crippen molar-refractivity contribution in [2.24, 2.45) is 0 Å². The molecule has 0 radical (unpaired) electrons. The smallest absolute Gasteiger partial charge is 0.243 e. The summed E-state index contributed by atoms with van der Waals surface area (Å²) in [6, 6.07) is 14.2. The molecule has 0 bridgehead atoms. The molecule has 0 saturated carbocycles. The molecule has 1 aliphatic heterocycles. The van der Waals surface area contributed by atoms with Gasteiger partial charge in [-0.25, -0.2) is 8.42 Å². The van der Waals surface area contributed by atoms with E-state index in [-0.39, 0.29) is 30.3 Å². The van der Waals surface area contributed by atoms with Gasteiger partial charge in [0.05, 0.1) is 11.3 Å². The van der Waals surface area contributed by atoms with Crippen LogP contribution < -0.4 is 0 Å². The van der Waals surface area contributed by atoms with Crippen LogP contribution in [0.25, 0.3) is 11.0 Å². The Bertz CT molecular complexity index is 1100. The first-order valence-corrected chi connectivity index (χ1v) is 10.6. The molecule has 0 atom stereocenters. The number of aromatic nitrogens is 1. The highest BCUT2D eigenvalue weighted by molar-refractivity contribution is 7.89. The van der Waals surface area contributed by atoms with Crippen molar-refractivity contribution in [1.82, 2.24) is 14.4 Å². The van der Waals surface area contributed by atoms with Crippen molar-refractivity contribution in [3.8, 4) is 0 Å². The monoisotopic (exact) mass is 399 g/mol. The van der Waals surface area contributed by atoms with Crippen molar-refractivity contribution < 1.29 is 17.7 Å². The molecule has 2 aromatic carbocycles. The van der Waals surface area contributed by atoms with E-state index in [2.05, 4.69) is 5.16 Å². The van der Waals surface area contributed by atoms with Gasteiger partial charge in [0.25, 0.3) is 0 Å². The van der Waals surface area contributed by atoms with Gasteiger partial charge >= 0.3 is 0 Å². The highest BCUT2D eigenvalue weighted by Crippen LogP contribution is 2.21. The minimum absolute atomic E-state index is 0.0774. The summed E-state index contributed by atoms with van der Waals surface area (Å²) in [6.45, 7) is 3.20. The normalized spacial score (nSPS) is 15.8. The molecule has 7 nitrogen and oxygen atoms in total. The molecule has 0 N–H and O–H groups in total. The highest BCUT2D eigenvalue weighted by atomic mass is 32.2. The lowest BCUT2D eigenvalue weighted by atomic mass is 10.1. The lowest BCUT2D eigenvalue weighted by molar-refractivity contribution is -0.131. The van der Waals surface area contributed by atoms with Crippen LogP contribution in [-0.2, 0) is 21.2 Å². The van der Waals surface area contributed by atoms with Gasteiger partial charge < -0.3 is 9.42 Å². The van der Waals surface area contributed by atoms with E-state index in [1.54, 1.807) is 29.2 Å². The van der Waals surface area contributed by atoms with E-state index < -0.39 is 10.0 Å². The second-order valence-electron chi connectivity index (χ2n) is 6.90. The van der Waals surface area contributed by atoms with Gasteiger partial charge in [0.1, 0.15) is 5.69 Å². The van der Waals surface area contributed by atoms with Gasteiger partial charge in [-0.05, 0) is 31.2 Å². The van der Waals surface area contributed by atoms with Crippen LogP contribution in [0.4, 0.5) is 0 Å². The summed E-state index contributed by atoms with van der Waals surface area (Å²) in [7, 11) is -3.54. The Kier molecular flexibility index (Phi) is 4.91. The molecule has 1 amide bonds. The summed E-state index contributed by atoms with van der Waals surface area (Å²) < 4.78 is 32.2. The summed E-state index contributed by atoms with van der Waals surface area (Å²) in [5, 5.41) is 4.83. The maximum Gasteiger partial charge on any atom is 0.243 e. The number of sulfonamides is 1. The van der Waals surface area contributed by atoms with Crippen LogP contribution in [-0.4, -0.2) is 54.9 Å². The number of para-hydroxylation sites is 1. The first-order valence-electron chi connectivity index (χ1n) is 9.13. The number of aryl methyl sites for hydroxylation is 1. The van der Waals surface area contributed by atoms with E-state index >= 15 is 0 Å². The second-order valence-corrected chi connectivity index (χ2v) is 8.84. The number of hydrogen-bond donors (Lipinski definition) is 0. The fraction of sp³-hybridized carbons (Fsp3) is 0.300. The molecule has 1 fully saturated rings. The summed E-state index contributed by atoms with van der Waals surface area (Å²) in [5.41, 5.74) is 2.27. The first-order chi connectivity index (χ1) is 13.4. The highest BCUT2D eigenvalue weighted by Gasteiger charge is 2.30. The first kappa shape index (κ1) is 18.6. The summed E-state index contributed by atoms with van der Waals surface area (Å²) in [6.07, 6.45) is 0.141. The predicted molar refractivity (Wildman–Crippen MR) is 104 cm³/mol. The molecule has 4 rings (SSSR count). The van der Waals surface area contributed by atoms with Crippen molar-refractivity contribution in [3.05, 3.63) is 59.8 Å². The fourth-order valence-electron chi connectivity index (χ4n) is 3.36. The van der Waals surface area contributed by atoms with Crippen LogP contribution in [0.3, 0.4) is 0 Å². The van der Waals surface area contributed by atoms with E-state index in [1.807, 2.05) is 31.2 Å². The van der Waals surface area contributed by atoms with Gasteiger partial charge in [-0.3, -0.25) is 4.79 Å². The molecule has 0 aliphatic carbocycles. The topological polar surface area (TPSA) is 83.7 Å². The number of hydrogen-bond acceptors (Lipinski definition) is 5. The third-order valence-electron chi connectivity index (χ3n) is 5.02. The maximum atomic E-state index is 12.8. The summed E-state index contributed by atoms with van der Waals surface area (Å²) >= 11 is 0. The molecule has 0 spiro atoms. The van der Waals surface area contributed by atoms with Crippen LogP contribution in [0, 0.1) is 6.92 Å². The van der Waals surface area contributed by atoms with Gasteiger partial charge in [-0.15, -0.1) is 0 Å². The van der Waals surface area contributed by atoms with Crippen molar-refractivity contribution >= 4 is 26.9 Å². The number of piperazine rings is 1. The van der Waals surface area contributed by atoms with Gasteiger partial charge in [0.15, 0.2) is 5.58 Å². The number of benzene rings is 2. The van der Waals surface area contributed by atoms with Crippen molar-refractivity contribution in [2.75, 3.05) is 26.2 Å². The Balaban J connectivity index is 1.41. The quantitative estimate of drug-likeness (QED) is 0.672. The minimum atomic E-state index is -3.54. The number of fused-ring (bicyclic) bond motifs is 1. The number of nitrogens with zero attached hydrogens (tertiary/aromatic N) is 3. The largest absolute Gasteiger partial charge is 0.356 e. The van der Waals surface area contributed by atoms with E-state index in [1.165, 1.54) is 4.31 Å². The number of amides is 1. The van der Waals surface area contributed by atoms with E-state index in [9.17, 15) is 13.2 Å². The Morgan fingerprint density at radius 3 is 2.43 bits per heavy atom. The molecule has 146 valence electrons. The average molecular weight is 399 g/mol. The van der Waals surface area contributed by atoms with E-state index in [0.29, 0.717) is 24.4 Å². The maximum absolute atomic E-state index is 12.8. The fourth-order valence-corrected chi connectivity index (χ4v) is 4.78. The zero-order valence-corrected chi connectivity index (χ0v) is 16.4. The number of carbonyl (C=O) groups is 1. The summed E-state index contributed by atoms with van der Waals surface area (Å²) in [5.74, 6) is -0.0774. The summed E-state index contributed by atoms with van der Waals surface area (Å²) in [4.78, 5) is 14.6. The molecule has 3 aromatic rings.